The number of allylic oxidation sites excluding steroid dienone is 2. The fourth-order valence-corrected chi connectivity index (χ4v) is 4.15. The van der Waals surface area contributed by atoms with Crippen LogP contribution in [0.2, 0.25) is 0 Å². The van der Waals surface area contributed by atoms with Gasteiger partial charge < -0.3 is 16.0 Å². The van der Waals surface area contributed by atoms with Crippen molar-refractivity contribution in [3.63, 3.8) is 0 Å². The highest BCUT2D eigenvalue weighted by Crippen LogP contribution is 2.25. The number of halogens is 1. The van der Waals surface area contributed by atoms with E-state index in [4.69, 9.17) is 16.6 Å². The third-order valence-electron chi connectivity index (χ3n) is 5.06. The Kier molecular flexibility index (Phi) is 10.1. The molecular weight excluding hydrogens is 492 g/mol. The number of amidine groups is 1. The Bertz CT molecular complexity index is 1240. The lowest BCUT2D eigenvalue weighted by atomic mass is 10.0. The third kappa shape index (κ3) is 7.96. The van der Waals surface area contributed by atoms with Gasteiger partial charge in [-0.25, -0.2) is 14.8 Å². The second-order valence-electron chi connectivity index (χ2n) is 7.96. The van der Waals surface area contributed by atoms with Crippen molar-refractivity contribution in [1.82, 2.24) is 4.98 Å². The van der Waals surface area contributed by atoms with Crippen LogP contribution >= 0.6 is 22.9 Å². The standard InChI is InChI=1S/C24H25ClN6OS.C3H6/c1-3-20(25)22-28-15(2)27-18-6-4-5-16(13-18)7-8-17-14-19(29-22)9-10-21(17)30-23(32)31-24-26-11-12-33-24;1-3-2/h3-6,9-15,27H,7-8H2,1-2H3,(H,28,29)(H2,26,30,31,32);3H,1H2,2H3/b20-3+;. The first kappa shape index (κ1) is 27.0. The van der Waals surface area contributed by atoms with Gasteiger partial charge in [0.2, 0.25) is 0 Å². The summed E-state index contributed by atoms with van der Waals surface area (Å²) in [5, 5.41) is 15.3. The van der Waals surface area contributed by atoms with Gasteiger partial charge in [-0.15, -0.1) is 17.9 Å². The molecule has 1 aliphatic rings. The quantitative estimate of drug-likeness (QED) is 0.268. The van der Waals surface area contributed by atoms with Crippen LogP contribution < -0.4 is 21.3 Å². The van der Waals surface area contributed by atoms with Crippen molar-refractivity contribution < 1.29 is 4.79 Å². The number of aryl methyl sites for hydroxylation is 2. The summed E-state index contributed by atoms with van der Waals surface area (Å²) in [7, 11) is 0. The van der Waals surface area contributed by atoms with Crippen LogP contribution in [0.5, 0.6) is 0 Å². The first-order valence-corrected chi connectivity index (χ1v) is 12.9. The predicted molar refractivity (Wildman–Crippen MR) is 155 cm³/mol. The van der Waals surface area contributed by atoms with Crippen molar-refractivity contribution in [3.8, 4) is 0 Å². The third-order valence-corrected chi connectivity index (χ3v) is 6.14. The number of aromatic nitrogens is 1. The van der Waals surface area contributed by atoms with Crippen molar-refractivity contribution >= 4 is 57.0 Å². The van der Waals surface area contributed by atoms with Crippen molar-refractivity contribution in [1.29, 1.82) is 0 Å². The summed E-state index contributed by atoms with van der Waals surface area (Å²) in [6.45, 7) is 9.10. The van der Waals surface area contributed by atoms with Crippen LogP contribution in [0, 0.1) is 0 Å². The van der Waals surface area contributed by atoms with Crippen LogP contribution in [0.25, 0.3) is 0 Å². The normalized spacial score (nSPS) is 16.6. The van der Waals surface area contributed by atoms with Gasteiger partial charge in [0.05, 0.1) is 5.03 Å². The molecule has 0 saturated heterocycles. The molecule has 4 N–H and O–H groups in total. The summed E-state index contributed by atoms with van der Waals surface area (Å²) in [6, 6.07) is 13.8. The minimum atomic E-state index is -0.330. The zero-order valence-corrected chi connectivity index (χ0v) is 22.2. The summed E-state index contributed by atoms with van der Waals surface area (Å²) < 4.78 is 0. The lowest BCUT2D eigenvalue weighted by Crippen LogP contribution is -2.21. The Morgan fingerprint density at radius 3 is 2.69 bits per heavy atom. The van der Waals surface area contributed by atoms with E-state index in [0.717, 1.165) is 35.5 Å². The number of thiazole rings is 1. The van der Waals surface area contributed by atoms with Gasteiger partial charge in [0.15, 0.2) is 5.13 Å². The van der Waals surface area contributed by atoms with Gasteiger partial charge in [0.25, 0.3) is 0 Å². The molecule has 9 heteroatoms. The first-order chi connectivity index (χ1) is 17.4. The van der Waals surface area contributed by atoms with Gasteiger partial charge in [0.1, 0.15) is 12.0 Å². The number of nitrogens with zero attached hydrogens (tertiary/aromatic N) is 2. The summed E-state index contributed by atoms with van der Waals surface area (Å²) in [4.78, 5) is 21.3. The van der Waals surface area contributed by atoms with E-state index in [1.165, 1.54) is 16.9 Å². The number of urea groups is 1. The van der Waals surface area contributed by atoms with E-state index in [2.05, 4.69) is 45.0 Å². The van der Waals surface area contributed by atoms with Gasteiger partial charge in [-0.3, -0.25) is 5.32 Å². The minimum absolute atomic E-state index is 0.188. The number of hydrogen-bond donors (Lipinski definition) is 4. The Balaban J connectivity index is 0.00000115. The van der Waals surface area contributed by atoms with Crippen molar-refractivity contribution in [2.24, 2.45) is 4.99 Å². The molecule has 0 spiro atoms. The number of anilines is 4. The molecule has 36 heavy (non-hydrogen) atoms. The number of nitrogens with one attached hydrogen (secondary N) is 4. The first-order valence-electron chi connectivity index (χ1n) is 11.6. The molecule has 0 fully saturated rings. The van der Waals surface area contributed by atoms with E-state index >= 15 is 0 Å². The zero-order valence-electron chi connectivity index (χ0n) is 20.6. The Hall–Kier alpha value is -3.62. The second kappa shape index (κ2) is 13.5. The Morgan fingerprint density at radius 1 is 1.17 bits per heavy atom. The van der Waals surface area contributed by atoms with E-state index in [1.807, 2.05) is 56.5 Å². The highest BCUT2D eigenvalue weighted by Gasteiger charge is 2.13. The number of rotatable bonds is 3. The zero-order chi connectivity index (χ0) is 25.9. The number of fused-ring (bicyclic) bond motifs is 4. The number of carbonyl (C=O) groups is 1. The number of carbonyl (C=O) groups excluding carboxylic acids is 1. The van der Waals surface area contributed by atoms with Gasteiger partial charge in [0, 0.05) is 28.6 Å². The largest absolute Gasteiger partial charge is 0.364 e. The van der Waals surface area contributed by atoms with Crippen LogP contribution in [-0.4, -0.2) is 23.0 Å². The molecule has 0 aliphatic carbocycles. The van der Waals surface area contributed by atoms with Crippen molar-refractivity contribution in [2.45, 2.75) is 39.8 Å². The highest BCUT2D eigenvalue weighted by molar-refractivity contribution is 7.13. The van der Waals surface area contributed by atoms with Crippen LogP contribution in [-0.2, 0) is 12.8 Å². The lowest BCUT2D eigenvalue weighted by molar-refractivity contribution is 0.262. The van der Waals surface area contributed by atoms with Gasteiger partial charge in [-0.1, -0.05) is 35.9 Å². The number of amides is 2. The molecular formula is C27H31ClN6OS. The highest BCUT2D eigenvalue weighted by atomic mass is 35.5. The van der Waals surface area contributed by atoms with Crippen molar-refractivity contribution in [2.75, 3.05) is 21.3 Å². The van der Waals surface area contributed by atoms with E-state index in [-0.39, 0.29) is 12.2 Å². The summed E-state index contributed by atoms with van der Waals surface area (Å²) in [5.74, 6) is 0.572. The number of hydrogen-bond acceptors (Lipinski definition) is 6. The molecule has 0 saturated carbocycles. The molecule has 4 rings (SSSR count). The fraction of sp³-hybridized carbons (Fsp3) is 0.222. The molecule has 3 aromatic rings. The molecule has 4 bridgehead atoms. The average molecular weight is 523 g/mol. The van der Waals surface area contributed by atoms with Gasteiger partial charge in [-0.05, 0) is 75.1 Å². The SMILES string of the molecule is C/C=C(Cl)\C1=N/C(C)Nc2cccc(c2)CCc2cc(ccc2NC(=O)Nc2nccs2)N1.C=CC. The monoisotopic (exact) mass is 522 g/mol. The predicted octanol–water partition coefficient (Wildman–Crippen LogP) is 7.49. The molecule has 2 amide bonds. The maximum absolute atomic E-state index is 12.5. The second-order valence-corrected chi connectivity index (χ2v) is 9.26. The molecule has 1 aromatic heterocycles. The molecule has 2 heterocycles. The maximum Gasteiger partial charge on any atom is 0.325 e. The van der Waals surface area contributed by atoms with Crippen LogP contribution in [0.4, 0.5) is 27.0 Å². The Morgan fingerprint density at radius 2 is 1.97 bits per heavy atom. The fourth-order valence-electron chi connectivity index (χ4n) is 3.53. The summed E-state index contributed by atoms with van der Waals surface area (Å²) in [6.07, 6.45) is 6.58. The van der Waals surface area contributed by atoms with E-state index in [1.54, 1.807) is 18.3 Å². The van der Waals surface area contributed by atoms with E-state index < -0.39 is 0 Å². The number of aliphatic imine (C=N–C) groups is 1. The smallest absolute Gasteiger partial charge is 0.325 e. The molecule has 0 radical (unpaired) electrons. The topological polar surface area (TPSA) is 90.4 Å². The molecule has 1 atom stereocenters. The average Bonchev–Trinajstić information content (AvgIpc) is 3.36. The molecule has 1 aliphatic heterocycles. The van der Waals surface area contributed by atoms with Crippen LogP contribution in [0.3, 0.4) is 0 Å². The molecule has 188 valence electrons. The van der Waals surface area contributed by atoms with Crippen LogP contribution in [0.1, 0.15) is 31.9 Å². The Labute approximate surface area is 221 Å². The summed E-state index contributed by atoms with van der Waals surface area (Å²) in [5.41, 5.74) is 4.76. The molecule has 2 aromatic carbocycles. The van der Waals surface area contributed by atoms with Crippen LogP contribution in [0.15, 0.2) is 82.8 Å². The minimum Gasteiger partial charge on any atom is -0.364 e. The lowest BCUT2D eigenvalue weighted by Gasteiger charge is -2.16. The van der Waals surface area contributed by atoms with E-state index in [0.29, 0.717) is 16.0 Å². The van der Waals surface area contributed by atoms with E-state index in [9.17, 15) is 4.79 Å². The van der Waals surface area contributed by atoms with Gasteiger partial charge in [-0.2, -0.15) is 0 Å². The number of benzene rings is 2. The van der Waals surface area contributed by atoms with Crippen molar-refractivity contribution in [3.05, 3.63) is 88.9 Å². The molecule has 1 unspecified atom stereocenters. The maximum atomic E-state index is 12.5. The summed E-state index contributed by atoms with van der Waals surface area (Å²) >= 11 is 7.82. The molecule has 7 nitrogen and oxygen atoms in total. The van der Waals surface area contributed by atoms with Gasteiger partial charge >= 0.3 is 6.03 Å².